The van der Waals surface area contributed by atoms with E-state index in [2.05, 4.69) is 5.32 Å². The number of hydrogen-bond acceptors (Lipinski definition) is 5. The Bertz CT molecular complexity index is 262. The van der Waals surface area contributed by atoms with Crippen molar-refractivity contribution in [2.24, 2.45) is 0 Å². The average Bonchev–Trinajstić information content (AvgIpc) is 2.17. The quantitative estimate of drug-likeness (QED) is 0.603. The van der Waals surface area contributed by atoms with Gasteiger partial charge in [0.15, 0.2) is 6.29 Å². The fraction of sp³-hybridized carbons (Fsp3) is 1.00. The van der Waals surface area contributed by atoms with Gasteiger partial charge < -0.3 is 14.8 Å². The van der Waals surface area contributed by atoms with Crippen LogP contribution in [-0.2, 0) is 19.3 Å². The molecule has 1 atom stereocenters. The summed E-state index contributed by atoms with van der Waals surface area (Å²) in [5.74, 6) is 0.203. The summed E-state index contributed by atoms with van der Waals surface area (Å²) in [6.45, 7) is 2.79. The first kappa shape index (κ1) is 15.8. The highest BCUT2D eigenvalue weighted by molar-refractivity contribution is 7.90. The molecule has 1 N–H and O–H groups in total. The van der Waals surface area contributed by atoms with Gasteiger partial charge in [0.05, 0.1) is 6.04 Å². The maximum absolute atomic E-state index is 11.0. The molecule has 6 heteroatoms. The van der Waals surface area contributed by atoms with Crippen molar-refractivity contribution in [2.45, 2.75) is 32.1 Å². The monoisotopic (exact) mass is 253 g/mol. The summed E-state index contributed by atoms with van der Waals surface area (Å²) in [4.78, 5) is 0. The molecule has 0 fully saturated rings. The summed E-state index contributed by atoms with van der Waals surface area (Å²) >= 11 is 0. The Morgan fingerprint density at radius 3 is 2.19 bits per heavy atom. The van der Waals surface area contributed by atoms with Crippen LogP contribution in [0.3, 0.4) is 0 Å². The van der Waals surface area contributed by atoms with Crippen LogP contribution in [0.2, 0.25) is 0 Å². The molecule has 1 unspecified atom stereocenters. The SMILES string of the molecule is CCNC(CCCS(C)(=O)=O)C(OC)OC. The van der Waals surface area contributed by atoms with Crippen LogP contribution < -0.4 is 5.32 Å². The molecule has 0 amide bonds. The molecule has 0 aliphatic heterocycles. The van der Waals surface area contributed by atoms with Crippen molar-refractivity contribution >= 4 is 9.84 Å². The third-order valence-electron chi connectivity index (χ3n) is 2.29. The van der Waals surface area contributed by atoms with E-state index in [1.54, 1.807) is 14.2 Å². The van der Waals surface area contributed by atoms with Crippen molar-refractivity contribution < 1.29 is 17.9 Å². The van der Waals surface area contributed by atoms with Gasteiger partial charge in [0, 0.05) is 26.2 Å². The lowest BCUT2D eigenvalue weighted by Gasteiger charge is -2.25. The summed E-state index contributed by atoms with van der Waals surface area (Å²) in [7, 11) is 0.274. The van der Waals surface area contributed by atoms with Gasteiger partial charge in [0.25, 0.3) is 0 Å². The molecule has 0 bridgehead atoms. The lowest BCUT2D eigenvalue weighted by molar-refractivity contribution is -0.123. The number of likely N-dealkylation sites (N-methyl/N-ethyl adjacent to an activating group) is 1. The van der Waals surface area contributed by atoms with Gasteiger partial charge in [-0.05, 0) is 19.4 Å². The Morgan fingerprint density at radius 2 is 1.81 bits per heavy atom. The molecule has 5 nitrogen and oxygen atoms in total. The van der Waals surface area contributed by atoms with Crippen LogP contribution in [0.1, 0.15) is 19.8 Å². The van der Waals surface area contributed by atoms with Crippen molar-refractivity contribution in [1.29, 1.82) is 0 Å². The molecule has 0 spiro atoms. The second-order valence-corrected chi connectivity index (χ2v) is 6.04. The average molecular weight is 253 g/mol. The lowest BCUT2D eigenvalue weighted by atomic mass is 10.1. The second-order valence-electron chi connectivity index (χ2n) is 3.78. The summed E-state index contributed by atoms with van der Waals surface area (Å²) in [6, 6.07) is 0.0294. The summed E-state index contributed by atoms with van der Waals surface area (Å²) in [6.07, 6.45) is 2.24. The Balaban J connectivity index is 4.12. The van der Waals surface area contributed by atoms with Gasteiger partial charge in [0.2, 0.25) is 0 Å². The molecule has 0 saturated carbocycles. The van der Waals surface area contributed by atoms with Gasteiger partial charge in [-0.25, -0.2) is 8.42 Å². The Kier molecular flexibility index (Phi) is 7.91. The Morgan fingerprint density at radius 1 is 1.25 bits per heavy atom. The number of hydrogen-bond donors (Lipinski definition) is 1. The van der Waals surface area contributed by atoms with Crippen molar-refractivity contribution in [3.63, 3.8) is 0 Å². The maximum atomic E-state index is 11.0. The molecule has 0 aromatic rings. The first-order valence-electron chi connectivity index (χ1n) is 5.41. The van der Waals surface area contributed by atoms with Gasteiger partial charge in [-0.2, -0.15) is 0 Å². The zero-order valence-electron chi connectivity index (χ0n) is 10.5. The predicted molar refractivity (Wildman–Crippen MR) is 64.2 cm³/mol. The molecule has 0 heterocycles. The van der Waals surface area contributed by atoms with E-state index in [0.29, 0.717) is 12.8 Å². The Hall–Kier alpha value is -0.170. The van der Waals surface area contributed by atoms with Crippen molar-refractivity contribution in [2.75, 3.05) is 32.8 Å². The van der Waals surface area contributed by atoms with E-state index in [0.717, 1.165) is 6.54 Å². The fourth-order valence-corrected chi connectivity index (χ4v) is 2.28. The summed E-state index contributed by atoms with van der Waals surface area (Å²) in [5.41, 5.74) is 0. The van der Waals surface area contributed by atoms with E-state index in [1.165, 1.54) is 6.26 Å². The van der Waals surface area contributed by atoms with Crippen LogP contribution in [0.15, 0.2) is 0 Å². The lowest BCUT2D eigenvalue weighted by Crippen LogP contribution is -2.42. The molecular formula is C10H23NO4S. The van der Waals surface area contributed by atoms with Crippen molar-refractivity contribution in [3.8, 4) is 0 Å². The molecule has 0 rings (SSSR count). The minimum atomic E-state index is -2.88. The van der Waals surface area contributed by atoms with E-state index < -0.39 is 9.84 Å². The number of nitrogens with one attached hydrogen (secondary N) is 1. The fourth-order valence-electron chi connectivity index (χ4n) is 1.59. The maximum Gasteiger partial charge on any atom is 0.171 e. The zero-order valence-corrected chi connectivity index (χ0v) is 11.3. The molecule has 0 saturated heterocycles. The number of sulfone groups is 1. The first-order chi connectivity index (χ1) is 7.44. The first-order valence-corrected chi connectivity index (χ1v) is 7.47. The highest BCUT2D eigenvalue weighted by Crippen LogP contribution is 2.07. The van der Waals surface area contributed by atoms with Crippen molar-refractivity contribution in [3.05, 3.63) is 0 Å². The van der Waals surface area contributed by atoms with E-state index in [1.807, 2.05) is 6.92 Å². The van der Waals surface area contributed by atoms with Gasteiger partial charge in [-0.1, -0.05) is 6.92 Å². The predicted octanol–water partition coefficient (Wildman–Crippen LogP) is 0.408. The normalized spacial score (nSPS) is 14.3. The van der Waals surface area contributed by atoms with Gasteiger partial charge in [-0.3, -0.25) is 0 Å². The van der Waals surface area contributed by atoms with E-state index >= 15 is 0 Å². The summed E-state index contributed by atoms with van der Waals surface area (Å²) in [5, 5.41) is 3.23. The van der Waals surface area contributed by atoms with Crippen LogP contribution in [0, 0.1) is 0 Å². The highest BCUT2D eigenvalue weighted by atomic mass is 32.2. The van der Waals surface area contributed by atoms with Gasteiger partial charge in [0.1, 0.15) is 9.84 Å². The number of rotatable bonds is 9. The largest absolute Gasteiger partial charge is 0.354 e. The third-order valence-corrected chi connectivity index (χ3v) is 3.32. The van der Waals surface area contributed by atoms with Crippen LogP contribution in [0.5, 0.6) is 0 Å². The van der Waals surface area contributed by atoms with Crippen LogP contribution >= 0.6 is 0 Å². The minimum Gasteiger partial charge on any atom is -0.354 e. The van der Waals surface area contributed by atoms with Gasteiger partial charge >= 0.3 is 0 Å². The molecule has 0 aliphatic carbocycles. The van der Waals surface area contributed by atoms with Crippen LogP contribution in [0.4, 0.5) is 0 Å². The molecule has 0 aromatic heterocycles. The van der Waals surface area contributed by atoms with E-state index in [-0.39, 0.29) is 18.1 Å². The smallest absolute Gasteiger partial charge is 0.171 e. The molecule has 0 aliphatic rings. The topological polar surface area (TPSA) is 64.6 Å². The van der Waals surface area contributed by atoms with E-state index in [4.69, 9.17) is 9.47 Å². The van der Waals surface area contributed by atoms with E-state index in [9.17, 15) is 8.42 Å². The van der Waals surface area contributed by atoms with Crippen LogP contribution in [0.25, 0.3) is 0 Å². The molecule has 0 aromatic carbocycles. The number of ether oxygens (including phenoxy) is 2. The molecule has 98 valence electrons. The molecule has 16 heavy (non-hydrogen) atoms. The highest BCUT2D eigenvalue weighted by Gasteiger charge is 2.19. The Labute approximate surface area is 98.4 Å². The zero-order chi connectivity index (χ0) is 12.6. The summed E-state index contributed by atoms with van der Waals surface area (Å²) < 4.78 is 32.3. The second kappa shape index (κ2) is 8.00. The molecular weight excluding hydrogens is 230 g/mol. The third kappa shape index (κ3) is 7.16. The number of methoxy groups -OCH3 is 2. The molecule has 0 radical (unpaired) electrons. The van der Waals surface area contributed by atoms with Gasteiger partial charge in [-0.15, -0.1) is 0 Å². The standard InChI is InChI=1S/C10H23NO4S/c1-5-11-9(10(14-2)15-3)7-6-8-16(4,12)13/h9-11H,5-8H2,1-4H3. The van der Waals surface area contributed by atoms with Crippen LogP contribution in [-0.4, -0.2) is 53.5 Å². The minimum absolute atomic E-state index is 0.0294. The van der Waals surface area contributed by atoms with Crippen molar-refractivity contribution in [1.82, 2.24) is 5.32 Å².